The van der Waals surface area contributed by atoms with Gasteiger partial charge in [-0.25, -0.2) is 0 Å². The Morgan fingerprint density at radius 1 is 0.658 bits per heavy atom. The maximum atomic E-state index is 12.3. The molecule has 0 saturated heterocycles. The number of nitrogens with one attached hydrogen (secondary N) is 1. The normalized spacial score (nSPS) is 14.3. The zero-order chi connectivity index (χ0) is 28.1. The van der Waals surface area contributed by atoms with Gasteiger partial charge in [0.1, 0.15) is 0 Å². The molecule has 0 aliphatic rings. The third kappa shape index (κ3) is 25.1. The SMILES string of the molecule is CCCCCCCCC/C=C\CCCCCC(O)CC(=O)NC(CO)C(O)/C=C/CCCCCCCCC. The van der Waals surface area contributed by atoms with E-state index in [1.807, 2.05) is 6.08 Å². The van der Waals surface area contributed by atoms with Crippen LogP contribution in [-0.2, 0) is 4.79 Å². The lowest BCUT2D eigenvalue weighted by molar-refractivity contribution is -0.124. The minimum absolute atomic E-state index is 0.00329. The lowest BCUT2D eigenvalue weighted by atomic mass is 10.0. The molecule has 0 heterocycles. The molecule has 0 saturated carbocycles. The highest BCUT2D eigenvalue weighted by Crippen LogP contribution is 2.12. The van der Waals surface area contributed by atoms with E-state index < -0.39 is 18.2 Å². The topological polar surface area (TPSA) is 89.8 Å². The van der Waals surface area contributed by atoms with Gasteiger partial charge in [-0.05, 0) is 44.9 Å². The van der Waals surface area contributed by atoms with Crippen LogP contribution in [0.1, 0.15) is 155 Å². The lowest BCUT2D eigenvalue weighted by Crippen LogP contribution is -2.45. The monoisotopic (exact) mass is 537 g/mol. The molecule has 224 valence electrons. The number of aliphatic hydroxyl groups excluding tert-OH is 3. The Morgan fingerprint density at radius 2 is 1.11 bits per heavy atom. The molecule has 0 aromatic heterocycles. The summed E-state index contributed by atoms with van der Waals surface area (Å²) < 4.78 is 0. The molecule has 0 aliphatic carbocycles. The van der Waals surface area contributed by atoms with Crippen molar-refractivity contribution in [2.24, 2.45) is 0 Å². The van der Waals surface area contributed by atoms with E-state index >= 15 is 0 Å². The van der Waals surface area contributed by atoms with Crippen LogP contribution in [0.5, 0.6) is 0 Å². The zero-order valence-electron chi connectivity index (χ0n) is 25.1. The van der Waals surface area contributed by atoms with Crippen LogP contribution in [-0.4, -0.2) is 46.1 Å². The molecule has 3 atom stereocenters. The molecule has 0 aromatic carbocycles. The summed E-state index contributed by atoms with van der Waals surface area (Å²) in [5.41, 5.74) is 0. The summed E-state index contributed by atoms with van der Waals surface area (Å²) in [4.78, 5) is 12.3. The highest BCUT2D eigenvalue weighted by molar-refractivity contribution is 5.76. The number of aliphatic hydroxyl groups is 3. The molecule has 0 fully saturated rings. The Bertz CT molecular complexity index is 563. The van der Waals surface area contributed by atoms with E-state index in [0.717, 1.165) is 38.5 Å². The molecule has 0 rings (SSSR count). The summed E-state index contributed by atoms with van der Waals surface area (Å²) in [6.07, 6.45) is 31.5. The van der Waals surface area contributed by atoms with E-state index in [0.29, 0.717) is 6.42 Å². The highest BCUT2D eigenvalue weighted by atomic mass is 16.3. The first kappa shape index (κ1) is 36.8. The minimum atomic E-state index is -0.926. The third-order valence-electron chi connectivity index (χ3n) is 7.23. The number of unbranched alkanes of at least 4 members (excludes halogenated alkanes) is 17. The van der Waals surface area contributed by atoms with Gasteiger partial charge in [0.15, 0.2) is 0 Å². The molecular formula is C33H63NO4. The van der Waals surface area contributed by atoms with E-state index in [1.54, 1.807) is 6.08 Å². The van der Waals surface area contributed by atoms with Gasteiger partial charge in [0.2, 0.25) is 5.91 Å². The molecule has 4 N–H and O–H groups in total. The summed E-state index contributed by atoms with van der Waals surface area (Å²) in [7, 11) is 0. The summed E-state index contributed by atoms with van der Waals surface area (Å²) in [6, 6.07) is -0.743. The first-order valence-corrected chi connectivity index (χ1v) is 16.1. The standard InChI is InChI=1S/C33H63NO4/c1-3-5-7-9-11-13-14-15-16-17-19-20-22-24-26-30(36)28-33(38)34-31(29-35)32(37)27-25-23-21-18-12-10-8-6-4-2/h16-17,25,27,30-32,35-37H,3-15,18-24,26,28-29H2,1-2H3,(H,34,38)/b17-16-,27-25+. The fraction of sp³-hybridized carbons (Fsp3) is 0.848. The average Bonchev–Trinajstić information content (AvgIpc) is 2.90. The van der Waals surface area contributed by atoms with Crippen molar-refractivity contribution >= 4 is 5.91 Å². The second-order valence-corrected chi connectivity index (χ2v) is 11.1. The van der Waals surface area contributed by atoms with Gasteiger partial charge in [-0.2, -0.15) is 0 Å². The Labute approximate surface area is 235 Å². The van der Waals surface area contributed by atoms with Crippen molar-refractivity contribution in [3.63, 3.8) is 0 Å². The molecule has 0 aromatic rings. The van der Waals surface area contributed by atoms with Gasteiger partial charge in [-0.1, -0.05) is 128 Å². The van der Waals surface area contributed by atoms with Crippen molar-refractivity contribution in [2.45, 2.75) is 173 Å². The quantitative estimate of drug-likeness (QED) is 0.0603. The largest absolute Gasteiger partial charge is 0.394 e. The van der Waals surface area contributed by atoms with Crippen LogP contribution in [0.25, 0.3) is 0 Å². The molecular weight excluding hydrogens is 474 g/mol. The van der Waals surface area contributed by atoms with Gasteiger partial charge < -0.3 is 20.6 Å². The number of carbonyl (C=O) groups excluding carboxylic acids is 1. The maximum Gasteiger partial charge on any atom is 0.222 e. The number of hydrogen-bond acceptors (Lipinski definition) is 4. The minimum Gasteiger partial charge on any atom is -0.394 e. The van der Waals surface area contributed by atoms with Gasteiger partial charge in [-0.15, -0.1) is 0 Å². The number of allylic oxidation sites excluding steroid dienone is 3. The first-order chi connectivity index (χ1) is 18.5. The molecule has 5 nitrogen and oxygen atoms in total. The van der Waals surface area contributed by atoms with Gasteiger partial charge in [-0.3, -0.25) is 4.79 Å². The molecule has 5 heteroatoms. The van der Waals surface area contributed by atoms with Crippen LogP contribution < -0.4 is 5.32 Å². The molecule has 0 radical (unpaired) electrons. The molecule has 3 unspecified atom stereocenters. The van der Waals surface area contributed by atoms with Crippen molar-refractivity contribution in [1.29, 1.82) is 0 Å². The van der Waals surface area contributed by atoms with E-state index in [-0.39, 0.29) is 18.9 Å². The summed E-state index contributed by atoms with van der Waals surface area (Å²) >= 11 is 0. The van der Waals surface area contributed by atoms with Gasteiger partial charge in [0, 0.05) is 0 Å². The predicted octanol–water partition coefficient (Wildman–Crippen LogP) is 7.92. The van der Waals surface area contributed by atoms with Crippen LogP contribution in [0, 0.1) is 0 Å². The van der Waals surface area contributed by atoms with E-state index in [9.17, 15) is 20.1 Å². The smallest absolute Gasteiger partial charge is 0.222 e. The van der Waals surface area contributed by atoms with Gasteiger partial charge in [0.25, 0.3) is 0 Å². The molecule has 1 amide bonds. The first-order valence-electron chi connectivity index (χ1n) is 16.1. The Hall–Kier alpha value is -1.17. The van der Waals surface area contributed by atoms with Gasteiger partial charge in [0.05, 0.1) is 31.3 Å². The van der Waals surface area contributed by atoms with E-state index in [4.69, 9.17) is 0 Å². The number of rotatable bonds is 28. The van der Waals surface area contributed by atoms with Gasteiger partial charge >= 0.3 is 0 Å². The van der Waals surface area contributed by atoms with Crippen LogP contribution >= 0.6 is 0 Å². The summed E-state index contributed by atoms with van der Waals surface area (Å²) in [6.45, 7) is 4.14. The summed E-state index contributed by atoms with van der Waals surface area (Å²) in [5.74, 6) is -0.329. The van der Waals surface area contributed by atoms with Crippen molar-refractivity contribution < 1.29 is 20.1 Å². The average molecular weight is 538 g/mol. The van der Waals surface area contributed by atoms with Crippen molar-refractivity contribution in [2.75, 3.05) is 6.61 Å². The summed E-state index contributed by atoms with van der Waals surface area (Å²) in [5, 5.41) is 32.8. The molecule has 0 aliphatic heterocycles. The second-order valence-electron chi connectivity index (χ2n) is 11.1. The fourth-order valence-electron chi connectivity index (χ4n) is 4.68. The van der Waals surface area contributed by atoms with Crippen molar-refractivity contribution in [3.8, 4) is 0 Å². The Morgan fingerprint density at radius 3 is 1.61 bits per heavy atom. The number of carbonyl (C=O) groups is 1. The second kappa shape index (κ2) is 28.8. The van der Waals surface area contributed by atoms with Crippen LogP contribution in [0.15, 0.2) is 24.3 Å². The zero-order valence-corrected chi connectivity index (χ0v) is 25.1. The lowest BCUT2D eigenvalue weighted by Gasteiger charge is -2.21. The molecule has 38 heavy (non-hydrogen) atoms. The molecule has 0 bridgehead atoms. The van der Waals surface area contributed by atoms with E-state index in [2.05, 4.69) is 31.3 Å². The van der Waals surface area contributed by atoms with Crippen molar-refractivity contribution in [1.82, 2.24) is 5.32 Å². The van der Waals surface area contributed by atoms with Crippen LogP contribution in [0.3, 0.4) is 0 Å². The predicted molar refractivity (Wildman–Crippen MR) is 162 cm³/mol. The molecule has 0 spiro atoms. The number of hydrogen-bond donors (Lipinski definition) is 4. The fourth-order valence-corrected chi connectivity index (χ4v) is 4.68. The van der Waals surface area contributed by atoms with Crippen molar-refractivity contribution in [3.05, 3.63) is 24.3 Å². The van der Waals surface area contributed by atoms with Crippen LogP contribution in [0.4, 0.5) is 0 Å². The third-order valence-corrected chi connectivity index (χ3v) is 7.23. The van der Waals surface area contributed by atoms with E-state index in [1.165, 1.54) is 89.9 Å². The van der Waals surface area contributed by atoms with Crippen LogP contribution in [0.2, 0.25) is 0 Å². The highest BCUT2D eigenvalue weighted by Gasteiger charge is 2.20. The Balaban J connectivity index is 3.80. The Kier molecular flexibility index (Phi) is 27.9. The maximum absolute atomic E-state index is 12.3. The number of amides is 1.